The van der Waals surface area contributed by atoms with E-state index in [2.05, 4.69) is 27.0 Å². The van der Waals surface area contributed by atoms with Crippen LogP contribution >= 0.6 is 24.0 Å². The van der Waals surface area contributed by atoms with E-state index in [1.807, 2.05) is 0 Å². The van der Waals surface area contributed by atoms with Gasteiger partial charge in [0, 0.05) is 45.3 Å². The Morgan fingerprint density at radius 3 is 2.74 bits per heavy atom. The molecule has 7 heteroatoms. The molecule has 0 aromatic heterocycles. The lowest BCUT2D eigenvalue weighted by atomic mass is 10.0. The van der Waals surface area contributed by atoms with Crippen molar-refractivity contribution in [1.29, 1.82) is 0 Å². The van der Waals surface area contributed by atoms with Crippen LogP contribution in [0, 0.1) is 0 Å². The molecule has 0 bridgehead atoms. The highest BCUT2D eigenvalue weighted by Gasteiger charge is 2.17. The highest BCUT2D eigenvalue weighted by Crippen LogP contribution is 2.15. The van der Waals surface area contributed by atoms with E-state index in [9.17, 15) is 0 Å². The molecule has 2 rings (SSSR count). The Bertz CT molecular complexity index is 336. The zero-order chi connectivity index (χ0) is 15.6. The quantitative estimate of drug-likeness (QED) is 0.269. The zero-order valence-corrected chi connectivity index (χ0v) is 16.8. The summed E-state index contributed by atoms with van der Waals surface area (Å²) in [5, 5.41) is 3.24. The third-order valence-corrected chi connectivity index (χ3v) is 4.66. The number of hydrogen-bond acceptors (Lipinski definition) is 4. The van der Waals surface area contributed by atoms with Gasteiger partial charge in [-0.25, -0.2) is 0 Å². The smallest absolute Gasteiger partial charge is 0.188 e. The lowest BCUT2D eigenvalue weighted by molar-refractivity contribution is 0.0377. The van der Waals surface area contributed by atoms with E-state index < -0.39 is 0 Å². The van der Waals surface area contributed by atoms with Gasteiger partial charge in [-0.05, 0) is 32.7 Å². The van der Waals surface area contributed by atoms with E-state index in [1.54, 1.807) is 0 Å². The lowest BCUT2D eigenvalue weighted by Gasteiger charge is -2.33. The van der Waals surface area contributed by atoms with Crippen molar-refractivity contribution in [2.75, 3.05) is 59.0 Å². The van der Waals surface area contributed by atoms with Crippen LogP contribution in [0.1, 0.15) is 32.6 Å². The number of nitrogens with zero attached hydrogens (tertiary/aromatic N) is 3. The molecule has 1 unspecified atom stereocenters. The first-order valence-corrected chi connectivity index (χ1v) is 8.83. The summed E-state index contributed by atoms with van der Waals surface area (Å²) in [6.07, 6.45) is 5.09. The number of nitrogens with two attached hydrogens (primary N) is 1. The van der Waals surface area contributed by atoms with Crippen LogP contribution in [-0.2, 0) is 4.74 Å². The Hall–Kier alpha value is -0.120. The largest absolute Gasteiger partial charge is 0.379 e. The fourth-order valence-corrected chi connectivity index (χ4v) is 3.19. The van der Waals surface area contributed by atoms with Crippen molar-refractivity contribution in [3.8, 4) is 0 Å². The highest BCUT2D eigenvalue weighted by molar-refractivity contribution is 14.0. The second-order valence-corrected chi connectivity index (χ2v) is 6.38. The maximum absolute atomic E-state index is 5.93. The van der Waals surface area contributed by atoms with Gasteiger partial charge < -0.3 is 15.8 Å². The van der Waals surface area contributed by atoms with Gasteiger partial charge in [-0.3, -0.25) is 14.8 Å². The lowest BCUT2D eigenvalue weighted by Crippen LogP contribution is -2.44. The number of guanidine groups is 1. The third-order valence-electron chi connectivity index (χ3n) is 4.66. The minimum Gasteiger partial charge on any atom is -0.379 e. The SMILES string of the molecule is CC1CCCCN1CCNC(N)=NCCCN1CCOCC1.I. The minimum atomic E-state index is 0. The Balaban J connectivity index is 0.00000264. The summed E-state index contributed by atoms with van der Waals surface area (Å²) < 4.78 is 5.34. The third kappa shape index (κ3) is 8.51. The number of morpholine rings is 1. The topological polar surface area (TPSA) is 66.1 Å². The maximum Gasteiger partial charge on any atom is 0.188 e. The van der Waals surface area contributed by atoms with E-state index >= 15 is 0 Å². The number of piperidine rings is 1. The molecule has 0 amide bonds. The van der Waals surface area contributed by atoms with Gasteiger partial charge in [0.15, 0.2) is 5.96 Å². The molecule has 136 valence electrons. The van der Waals surface area contributed by atoms with Crippen LogP contribution in [0.3, 0.4) is 0 Å². The van der Waals surface area contributed by atoms with Gasteiger partial charge in [-0.2, -0.15) is 0 Å². The molecule has 0 saturated carbocycles. The molecule has 1 atom stereocenters. The normalized spacial score (nSPS) is 24.2. The standard InChI is InChI=1S/C16H33N5O.HI/c1-15-5-2-3-9-21(15)10-7-19-16(17)18-6-4-8-20-11-13-22-14-12-20;/h15H,2-14H2,1H3,(H3,17,18,19);1H. The predicted molar refractivity (Wildman–Crippen MR) is 107 cm³/mol. The van der Waals surface area contributed by atoms with Crippen LogP contribution in [0.4, 0.5) is 0 Å². The summed E-state index contributed by atoms with van der Waals surface area (Å²) in [6, 6.07) is 0.710. The number of halogens is 1. The number of ether oxygens (including phenoxy) is 1. The number of rotatable bonds is 7. The second kappa shape index (κ2) is 12.3. The molecule has 0 aliphatic carbocycles. The molecule has 0 radical (unpaired) electrons. The first-order valence-electron chi connectivity index (χ1n) is 8.83. The van der Waals surface area contributed by atoms with E-state index in [1.165, 1.54) is 25.8 Å². The number of aliphatic imine (C=N–C) groups is 1. The van der Waals surface area contributed by atoms with Gasteiger partial charge >= 0.3 is 0 Å². The van der Waals surface area contributed by atoms with E-state index in [0.717, 1.165) is 58.9 Å². The molecule has 2 aliphatic heterocycles. The fraction of sp³-hybridized carbons (Fsp3) is 0.938. The molecule has 2 aliphatic rings. The van der Waals surface area contributed by atoms with Crippen LogP contribution in [-0.4, -0.2) is 80.8 Å². The Kier molecular flexibility index (Phi) is 11.2. The van der Waals surface area contributed by atoms with Crippen molar-refractivity contribution >= 4 is 29.9 Å². The van der Waals surface area contributed by atoms with Crippen LogP contribution < -0.4 is 11.1 Å². The van der Waals surface area contributed by atoms with Crippen LogP contribution in [0.2, 0.25) is 0 Å². The van der Waals surface area contributed by atoms with E-state index in [4.69, 9.17) is 10.5 Å². The van der Waals surface area contributed by atoms with Crippen molar-refractivity contribution in [2.45, 2.75) is 38.6 Å². The molecule has 2 saturated heterocycles. The summed E-state index contributed by atoms with van der Waals surface area (Å²) in [6.45, 7) is 11.2. The minimum absolute atomic E-state index is 0. The number of nitrogens with one attached hydrogen (secondary N) is 1. The van der Waals surface area contributed by atoms with Crippen LogP contribution in [0.5, 0.6) is 0 Å². The van der Waals surface area contributed by atoms with Gasteiger partial charge in [-0.15, -0.1) is 24.0 Å². The van der Waals surface area contributed by atoms with Crippen molar-refractivity contribution in [3.63, 3.8) is 0 Å². The fourth-order valence-electron chi connectivity index (χ4n) is 3.19. The number of hydrogen-bond donors (Lipinski definition) is 2. The molecule has 3 N–H and O–H groups in total. The molecule has 2 heterocycles. The van der Waals surface area contributed by atoms with E-state index in [0.29, 0.717) is 12.0 Å². The van der Waals surface area contributed by atoms with Crippen LogP contribution in [0.25, 0.3) is 0 Å². The molecule has 0 spiro atoms. The van der Waals surface area contributed by atoms with Gasteiger partial charge in [-0.1, -0.05) is 6.42 Å². The summed E-state index contributed by atoms with van der Waals surface area (Å²) in [5.41, 5.74) is 5.93. The van der Waals surface area contributed by atoms with Crippen molar-refractivity contribution in [1.82, 2.24) is 15.1 Å². The average molecular weight is 439 g/mol. The van der Waals surface area contributed by atoms with Gasteiger partial charge in [0.1, 0.15) is 0 Å². The maximum atomic E-state index is 5.93. The predicted octanol–water partition coefficient (Wildman–Crippen LogP) is 1.11. The molecule has 0 aromatic carbocycles. The Morgan fingerprint density at radius 2 is 2.00 bits per heavy atom. The zero-order valence-electron chi connectivity index (χ0n) is 14.5. The second-order valence-electron chi connectivity index (χ2n) is 6.38. The summed E-state index contributed by atoms with van der Waals surface area (Å²) in [4.78, 5) is 9.39. The van der Waals surface area contributed by atoms with Crippen LogP contribution in [0.15, 0.2) is 4.99 Å². The molecule has 0 aromatic rings. The molecule has 6 nitrogen and oxygen atoms in total. The molecule has 23 heavy (non-hydrogen) atoms. The number of likely N-dealkylation sites (tertiary alicyclic amines) is 1. The van der Waals surface area contributed by atoms with E-state index in [-0.39, 0.29) is 24.0 Å². The van der Waals surface area contributed by atoms with Gasteiger partial charge in [0.2, 0.25) is 0 Å². The average Bonchev–Trinajstić information content (AvgIpc) is 2.54. The Morgan fingerprint density at radius 1 is 1.22 bits per heavy atom. The van der Waals surface area contributed by atoms with Gasteiger partial charge in [0.05, 0.1) is 13.2 Å². The summed E-state index contributed by atoms with van der Waals surface area (Å²) >= 11 is 0. The van der Waals surface area contributed by atoms with Crippen molar-refractivity contribution in [2.24, 2.45) is 10.7 Å². The summed E-state index contributed by atoms with van der Waals surface area (Å²) in [7, 11) is 0. The Labute approximate surface area is 158 Å². The monoisotopic (exact) mass is 439 g/mol. The van der Waals surface area contributed by atoms with Crippen molar-refractivity contribution in [3.05, 3.63) is 0 Å². The molecular formula is C16H34IN5O. The summed E-state index contributed by atoms with van der Waals surface area (Å²) in [5.74, 6) is 0.589. The highest BCUT2D eigenvalue weighted by atomic mass is 127. The molecule has 2 fully saturated rings. The first kappa shape index (κ1) is 20.9. The van der Waals surface area contributed by atoms with Crippen molar-refractivity contribution < 1.29 is 4.74 Å². The molecular weight excluding hydrogens is 405 g/mol. The first-order chi connectivity index (χ1) is 10.8. The van der Waals surface area contributed by atoms with Gasteiger partial charge in [0.25, 0.3) is 0 Å².